The number of hydrogen-bond acceptors (Lipinski definition) is 5. The number of anilines is 2. The summed E-state index contributed by atoms with van der Waals surface area (Å²) in [5.74, 6) is 0.526. The molecule has 1 aromatic carbocycles. The first-order chi connectivity index (χ1) is 8.65. The van der Waals surface area contributed by atoms with Gasteiger partial charge in [-0.2, -0.15) is 4.98 Å². The van der Waals surface area contributed by atoms with E-state index in [4.69, 9.17) is 11.5 Å². The molecule has 7 heteroatoms. The SMILES string of the molecule is Nc1nc2nc(-c3ccccc3N)[nH]c2c(=O)[nH]1. The molecule has 0 saturated heterocycles. The highest BCUT2D eigenvalue weighted by Crippen LogP contribution is 2.23. The van der Waals surface area contributed by atoms with E-state index in [1.807, 2.05) is 18.2 Å². The normalized spacial score (nSPS) is 10.9. The smallest absolute Gasteiger partial charge is 0.278 e. The van der Waals surface area contributed by atoms with Crippen molar-refractivity contribution in [3.05, 3.63) is 34.6 Å². The lowest BCUT2D eigenvalue weighted by Crippen LogP contribution is -2.10. The van der Waals surface area contributed by atoms with Gasteiger partial charge in [0.05, 0.1) is 0 Å². The van der Waals surface area contributed by atoms with Crippen LogP contribution in [0.4, 0.5) is 11.6 Å². The van der Waals surface area contributed by atoms with Crippen molar-refractivity contribution in [2.24, 2.45) is 0 Å². The van der Waals surface area contributed by atoms with Crippen LogP contribution < -0.4 is 17.0 Å². The third kappa shape index (κ3) is 1.49. The second-order valence-corrected chi connectivity index (χ2v) is 3.82. The molecule has 0 unspecified atom stereocenters. The zero-order chi connectivity index (χ0) is 12.7. The summed E-state index contributed by atoms with van der Waals surface area (Å²) in [7, 11) is 0. The fraction of sp³-hybridized carbons (Fsp3) is 0. The molecular formula is C11H10N6O. The lowest BCUT2D eigenvalue weighted by atomic mass is 10.2. The molecule has 0 radical (unpaired) electrons. The number of aromatic nitrogens is 4. The standard InChI is InChI=1S/C11H10N6O/c12-6-4-2-1-3-5(6)8-14-7-9(15-8)16-11(13)17-10(7)18/h1-4H,12H2,(H4,13,14,15,16,17,18). The minimum Gasteiger partial charge on any atom is -0.398 e. The van der Waals surface area contributed by atoms with Crippen molar-refractivity contribution >= 4 is 22.8 Å². The van der Waals surface area contributed by atoms with Crippen LogP contribution in [0.1, 0.15) is 0 Å². The van der Waals surface area contributed by atoms with Crippen LogP contribution in [0.2, 0.25) is 0 Å². The number of fused-ring (bicyclic) bond motifs is 1. The van der Waals surface area contributed by atoms with Crippen LogP contribution in [-0.4, -0.2) is 19.9 Å². The minimum atomic E-state index is -0.356. The highest BCUT2D eigenvalue weighted by molar-refractivity contribution is 5.79. The first-order valence-electron chi connectivity index (χ1n) is 5.25. The molecular weight excluding hydrogens is 232 g/mol. The molecule has 3 rings (SSSR count). The first kappa shape index (κ1) is 10.3. The Morgan fingerprint density at radius 1 is 1.06 bits per heavy atom. The number of para-hydroxylation sites is 1. The maximum absolute atomic E-state index is 11.7. The molecule has 0 aliphatic rings. The molecule has 0 spiro atoms. The first-order valence-corrected chi connectivity index (χ1v) is 5.25. The fourth-order valence-corrected chi connectivity index (χ4v) is 1.76. The van der Waals surface area contributed by atoms with Crippen LogP contribution in [-0.2, 0) is 0 Å². The molecule has 2 heterocycles. The summed E-state index contributed by atoms with van der Waals surface area (Å²) in [6, 6.07) is 7.23. The molecule has 0 fully saturated rings. The minimum absolute atomic E-state index is 0.0339. The number of rotatable bonds is 1. The van der Waals surface area contributed by atoms with Gasteiger partial charge in [-0.1, -0.05) is 12.1 Å². The topological polar surface area (TPSA) is 126 Å². The van der Waals surface area contributed by atoms with Gasteiger partial charge in [0, 0.05) is 11.3 Å². The van der Waals surface area contributed by atoms with Crippen molar-refractivity contribution in [2.75, 3.05) is 11.5 Å². The van der Waals surface area contributed by atoms with Crippen molar-refractivity contribution < 1.29 is 0 Å². The van der Waals surface area contributed by atoms with Crippen LogP contribution in [0, 0.1) is 0 Å². The van der Waals surface area contributed by atoms with Gasteiger partial charge in [-0.3, -0.25) is 9.78 Å². The molecule has 0 aliphatic heterocycles. The zero-order valence-electron chi connectivity index (χ0n) is 9.27. The summed E-state index contributed by atoms with van der Waals surface area (Å²) in [4.78, 5) is 25.1. The highest BCUT2D eigenvalue weighted by atomic mass is 16.1. The summed E-state index contributed by atoms with van der Waals surface area (Å²) >= 11 is 0. The maximum atomic E-state index is 11.7. The fourth-order valence-electron chi connectivity index (χ4n) is 1.76. The van der Waals surface area contributed by atoms with E-state index < -0.39 is 0 Å². The van der Waals surface area contributed by atoms with Gasteiger partial charge < -0.3 is 16.5 Å². The molecule has 3 aromatic rings. The van der Waals surface area contributed by atoms with E-state index in [0.29, 0.717) is 17.1 Å². The molecule has 0 atom stereocenters. The number of nitrogens with one attached hydrogen (secondary N) is 2. The molecule has 0 amide bonds. The highest BCUT2D eigenvalue weighted by Gasteiger charge is 2.11. The second-order valence-electron chi connectivity index (χ2n) is 3.82. The van der Waals surface area contributed by atoms with Crippen molar-refractivity contribution in [1.82, 2.24) is 19.9 Å². The Labute approximate surface area is 101 Å². The van der Waals surface area contributed by atoms with E-state index in [0.717, 1.165) is 0 Å². The Kier molecular flexibility index (Phi) is 2.06. The number of hydrogen-bond donors (Lipinski definition) is 4. The molecule has 0 saturated carbocycles. The third-order valence-electron chi connectivity index (χ3n) is 2.60. The molecule has 0 bridgehead atoms. The largest absolute Gasteiger partial charge is 0.398 e. The van der Waals surface area contributed by atoms with E-state index in [1.165, 1.54) is 0 Å². The Balaban J connectivity index is 2.30. The van der Waals surface area contributed by atoms with E-state index in [-0.39, 0.29) is 22.7 Å². The molecule has 18 heavy (non-hydrogen) atoms. The van der Waals surface area contributed by atoms with E-state index in [2.05, 4.69) is 19.9 Å². The van der Waals surface area contributed by atoms with Crippen molar-refractivity contribution in [1.29, 1.82) is 0 Å². The number of nitrogens with two attached hydrogens (primary N) is 2. The van der Waals surface area contributed by atoms with Gasteiger partial charge in [-0.15, -0.1) is 0 Å². The van der Waals surface area contributed by atoms with Gasteiger partial charge >= 0.3 is 0 Å². The summed E-state index contributed by atoms with van der Waals surface area (Å²) < 4.78 is 0. The molecule has 6 N–H and O–H groups in total. The maximum Gasteiger partial charge on any atom is 0.278 e. The number of benzene rings is 1. The second kappa shape index (κ2) is 3.59. The lowest BCUT2D eigenvalue weighted by Gasteiger charge is -1.99. The monoisotopic (exact) mass is 242 g/mol. The van der Waals surface area contributed by atoms with Gasteiger partial charge in [0.1, 0.15) is 5.82 Å². The van der Waals surface area contributed by atoms with Gasteiger partial charge in [0.15, 0.2) is 11.2 Å². The Bertz CT molecular complexity index is 788. The van der Waals surface area contributed by atoms with Crippen LogP contribution in [0.25, 0.3) is 22.6 Å². The van der Waals surface area contributed by atoms with Crippen LogP contribution >= 0.6 is 0 Å². The van der Waals surface area contributed by atoms with E-state index in [1.54, 1.807) is 6.07 Å². The number of nitrogens with zero attached hydrogens (tertiary/aromatic N) is 2. The average molecular weight is 242 g/mol. The summed E-state index contributed by atoms with van der Waals surface area (Å²) in [6.07, 6.45) is 0. The molecule has 0 aliphatic carbocycles. The van der Waals surface area contributed by atoms with Crippen molar-refractivity contribution in [3.63, 3.8) is 0 Å². The Hall–Kier alpha value is -2.83. The van der Waals surface area contributed by atoms with Crippen molar-refractivity contribution in [2.45, 2.75) is 0 Å². The van der Waals surface area contributed by atoms with Gasteiger partial charge in [0.25, 0.3) is 5.56 Å². The lowest BCUT2D eigenvalue weighted by molar-refractivity contribution is 1.17. The van der Waals surface area contributed by atoms with Crippen molar-refractivity contribution in [3.8, 4) is 11.4 Å². The predicted octanol–water partition coefficient (Wildman–Crippen LogP) is 0.478. The van der Waals surface area contributed by atoms with Crippen LogP contribution in [0.3, 0.4) is 0 Å². The van der Waals surface area contributed by atoms with Gasteiger partial charge in [-0.25, -0.2) is 4.98 Å². The zero-order valence-corrected chi connectivity index (χ0v) is 9.27. The number of nitrogen functional groups attached to an aromatic ring is 2. The molecule has 7 nitrogen and oxygen atoms in total. The Morgan fingerprint density at radius 2 is 1.83 bits per heavy atom. The molecule has 2 aromatic heterocycles. The van der Waals surface area contributed by atoms with Gasteiger partial charge in [0.2, 0.25) is 5.95 Å². The van der Waals surface area contributed by atoms with E-state index >= 15 is 0 Å². The van der Waals surface area contributed by atoms with Gasteiger partial charge in [-0.05, 0) is 12.1 Å². The van der Waals surface area contributed by atoms with Crippen LogP contribution in [0.5, 0.6) is 0 Å². The van der Waals surface area contributed by atoms with Crippen LogP contribution in [0.15, 0.2) is 29.1 Å². The third-order valence-corrected chi connectivity index (χ3v) is 2.60. The summed E-state index contributed by atoms with van der Waals surface area (Å²) in [5, 5.41) is 0. The average Bonchev–Trinajstić information content (AvgIpc) is 2.73. The summed E-state index contributed by atoms with van der Waals surface area (Å²) in [6.45, 7) is 0. The summed E-state index contributed by atoms with van der Waals surface area (Å²) in [5.41, 5.74) is 12.8. The molecule has 90 valence electrons. The van der Waals surface area contributed by atoms with E-state index in [9.17, 15) is 4.79 Å². The predicted molar refractivity (Wildman–Crippen MR) is 68.8 cm³/mol. The number of H-pyrrole nitrogens is 2. The Morgan fingerprint density at radius 3 is 2.61 bits per heavy atom. The number of imidazole rings is 1. The quantitative estimate of drug-likeness (QED) is 0.461. The number of aromatic amines is 2.